The summed E-state index contributed by atoms with van der Waals surface area (Å²) in [6, 6.07) is 20.5. The van der Waals surface area contributed by atoms with Crippen molar-refractivity contribution in [3.63, 3.8) is 0 Å². The Labute approximate surface area is 132 Å². The van der Waals surface area contributed by atoms with Crippen LogP contribution in [-0.2, 0) is 0 Å². The summed E-state index contributed by atoms with van der Waals surface area (Å²) in [5, 5.41) is 10.2. The summed E-state index contributed by atoms with van der Waals surface area (Å²) in [4.78, 5) is 4.88. The third kappa shape index (κ3) is 3.87. The molecule has 2 aromatic carbocycles. The monoisotopic (exact) mass is 296 g/mol. The van der Waals surface area contributed by atoms with Crippen molar-refractivity contribution in [1.29, 1.82) is 0 Å². The number of anilines is 1. The third-order valence-electron chi connectivity index (χ3n) is 4.40. The lowest BCUT2D eigenvalue weighted by atomic mass is 10.1. The van der Waals surface area contributed by atoms with Crippen LogP contribution in [0.15, 0.2) is 60.7 Å². The van der Waals surface area contributed by atoms with Gasteiger partial charge >= 0.3 is 0 Å². The normalized spacial score (nSPS) is 17.4. The zero-order chi connectivity index (χ0) is 15.2. The molecule has 1 atom stereocenters. The molecule has 1 saturated heterocycles. The van der Waals surface area contributed by atoms with E-state index in [-0.39, 0.29) is 6.10 Å². The molecule has 1 fully saturated rings. The van der Waals surface area contributed by atoms with Gasteiger partial charge in [-0.3, -0.25) is 4.90 Å². The molecule has 3 heteroatoms. The predicted molar refractivity (Wildman–Crippen MR) is 91.1 cm³/mol. The van der Waals surface area contributed by atoms with Crippen LogP contribution >= 0.6 is 0 Å². The second-order valence-corrected chi connectivity index (χ2v) is 5.88. The Morgan fingerprint density at radius 3 is 2.05 bits per heavy atom. The summed E-state index contributed by atoms with van der Waals surface area (Å²) in [5.74, 6) is 0. The number of hydrogen-bond donors (Lipinski definition) is 1. The molecule has 0 saturated carbocycles. The van der Waals surface area contributed by atoms with Gasteiger partial charge in [-0.15, -0.1) is 0 Å². The van der Waals surface area contributed by atoms with Crippen LogP contribution in [0.25, 0.3) is 0 Å². The van der Waals surface area contributed by atoms with Gasteiger partial charge < -0.3 is 10.0 Å². The van der Waals surface area contributed by atoms with Crippen LogP contribution in [-0.4, -0.2) is 42.7 Å². The van der Waals surface area contributed by atoms with Crippen molar-refractivity contribution in [1.82, 2.24) is 4.90 Å². The number of aliphatic hydroxyl groups excluding tert-OH is 1. The summed E-state index contributed by atoms with van der Waals surface area (Å²) in [6.45, 7) is 5.21. The molecule has 0 amide bonds. The molecule has 22 heavy (non-hydrogen) atoms. The van der Waals surface area contributed by atoms with Gasteiger partial charge in [0.25, 0.3) is 0 Å². The molecular formula is C19H24N2O. The van der Waals surface area contributed by atoms with E-state index in [1.807, 2.05) is 30.3 Å². The van der Waals surface area contributed by atoms with E-state index in [4.69, 9.17) is 0 Å². The van der Waals surface area contributed by atoms with Gasteiger partial charge in [0, 0.05) is 38.4 Å². The first-order valence-corrected chi connectivity index (χ1v) is 8.08. The quantitative estimate of drug-likeness (QED) is 0.919. The van der Waals surface area contributed by atoms with Crippen LogP contribution in [0.3, 0.4) is 0 Å². The summed E-state index contributed by atoms with van der Waals surface area (Å²) < 4.78 is 0. The van der Waals surface area contributed by atoms with Gasteiger partial charge in [-0.25, -0.2) is 0 Å². The molecule has 0 unspecified atom stereocenters. The fourth-order valence-corrected chi connectivity index (χ4v) is 3.02. The average Bonchev–Trinajstić information content (AvgIpc) is 2.61. The molecule has 1 N–H and O–H groups in total. The van der Waals surface area contributed by atoms with Gasteiger partial charge in [0.15, 0.2) is 0 Å². The largest absolute Gasteiger partial charge is 0.388 e. The number of aliphatic hydroxyl groups is 1. The third-order valence-corrected chi connectivity index (χ3v) is 4.40. The van der Waals surface area contributed by atoms with Gasteiger partial charge in [0.1, 0.15) is 0 Å². The molecule has 0 aliphatic carbocycles. The van der Waals surface area contributed by atoms with Crippen LogP contribution in [0.1, 0.15) is 18.1 Å². The van der Waals surface area contributed by atoms with E-state index in [1.165, 1.54) is 5.69 Å². The zero-order valence-electron chi connectivity index (χ0n) is 12.9. The van der Waals surface area contributed by atoms with E-state index in [2.05, 4.69) is 40.1 Å². The minimum absolute atomic E-state index is 0.353. The summed E-state index contributed by atoms with van der Waals surface area (Å²) in [6.07, 6.45) is 0.448. The fourth-order valence-electron chi connectivity index (χ4n) is 3.02. The Kier molecular flexibility index (Phi) is 5.09. The summed E-state index contributed by atoms with van der Waals surface area (Å²) in [7, 11) is 0. The topological polar surface area (TPSA) is 26.7 Å². The molecule has 2 aromatic rings. The minimum atomic E-state index is -0.353. The lowest BCUT2D eigenvalue weighted by Gasteiger charge is -2.36. The van der Waals surface area contributed by atoms with Crippen LogP contribution < -0.4 is 4.90 Å². The Morgan fingerprint density at radius 2 is 1.41 bits per heavy atom. The van der Waals surface area contributed by atoms with Crippen molar-refractivity contribution in [3.8, 4) is 0 Å². The molecule has 0 radical (unpaired) electrons. The van der Waals surface area contributed by atoms with Gasteiger partial charge in [0.2, 0.25) is 0 Å². The second kappa shape index (κ2) is 7.43. The van der Waals surface area contributed by atoms with E-state index in [0.29, 0.717) is 0 Å². The van der Waals surface area contributed by atoms with Crippen molar-refractivity contribution in [3.05, 3.63) is 66.2 Å². The van der Waals surface area contributed by atoms with Crippen LogP contribution in [0, 0.1) is 0 Å². The lowest BCUT2D eigenvalue weighted by molar-refractivity contribution is 0.139. The molecule has 116 valence electrons. The smallest absolute Gasteiger partial charge is 0.0802 e. The lowest BCUT2D eigenvalue weighted by Crippen LogP contribution is -2.46. The first-order chi connectivity index (χ1) is 10.8. The van der Waals surface area contributed by atoms with E-state index in [1.54, 1.807) is 0 Å². The van der Waals surface area contributed by atoms with E-state index in [0.717, 1.165) is 44.7 Å². The van der Waals surface area contributed by atoms with Crippen molar-refractivity contribution in [2.45, 2.75) is 12.5 Å². The highest BCUT2D eigenvalue weighted by atomic mass is 16.3. The molecule has 0 bridgehead atoms. The molecule has 1 aliphatic rings. The SMILES string of the molecule is O[C@H](CCN1CCN(c2ccccc2)CC1)c1ccccc1. The van der Waals surface area contributed by atoms with Crippen molar-refractivity contribution < 1.29 is 5.11 Å². The van der Waals surface area contributed by atoms with E-state index >= 15 is 0 Å². The Hall–Kier alpha value is -1.84. The van der Waals surface area contributed by atoms with Crippen LogP contribution in [0.5, 0.6) is 0 Å². The average molecular weight is 296 g/mol. The number of piperazine rings is 1. The van der Waals surface area contributed by atoms with E-state index in [9.17, 15) is 5.11 Å². The first kappa shape index (κ1) is 15.1. The molecule has 3 rings (SSSR count). The van der Waals surface area contributed by atoms with Gasteiger partial charge in [0.05, 0.1) is 6.10 Å². The standard InChI is InChI=1S/C19H24N2O/c22-19(17-7-3-1-4-8-17)11-12-20-13-15-21(16-14-20)18-9-5-2-6-10-18/h1-10,19,22H,11-16H2/t19-/m1/s1. The van der Waals surface area contributed by atoms with Crippen molar-refractivity contribution in [2.24, 2.45) is 0 Å². The Balaban J connectivity index is 1.44. The fraction of sp³-hybridized carbons (Fsp3) is 0.368. The molecular weight excluding hydrogens is 272 g/mol. The van der Waals surface area contributed by atoms with Gasteiger partial charge in [-0.2, -0.15) is 0 Å². The molecule has 0 spiro atoms. The summed E-state index contributed by atoms with van der Waals surface area (Å²) >= 11 is 0. The van der Waals surface area contributed by atoms with Crippen LogP contribution in [0.4, 0.5) is 5.69 Å². The predicted octanol–water partition coefficient (Wildman–Crippen LogP) is 2.93. The molecule has 1 aliphatic heterocycles. The number of benzene rings is 2. The number of nitrogens with zero attached hydrogens (tertiary/aromatic N) is 2. The maximum Gasteiger partial charge on any atom is 0.0802 e. The minimum Gasteiger partial charge on any atom is -0.388 e. The maximum absolute atomic E-state index is 10.2. The number of para-hydroxylation sites is 1. The zero-order valence-corrected chi connectivity index (χ0v) is 12.9. The molecule has 0 aromatic heterocycles. The highest BCUT2D eigenvalue weighted by molar-refractivity contribution is 5.46. The van der Waals surface area contributed by atoms with Gasteiger partial charge in [-0.05, 0) is 24.1 Å². The van der Waals surface area contributed by atoms with E-state index < -0.39 is 0 Å². The number of rotatable bonds is 5. The van der Waals surface area contributed by atoms with Crippen molar-refractivity contribution in [2.75, 3.05) is 37.6 Å². The number of hydrogen-bond acceptors (Lipinski definition) is 3. The van der Waals surface area contributed by atoms with Crippen molar-refractivity contribution >= 4 is 5.69 Å². The second-order valence-electron chi connectivity index (χ2n) is 5.88. The Bertz CT molecular complexity index is 550. The maximum atomic E-state index is 10.2. The molecule has 3 nitrogen and oxygen atoms in total. The highest BCUT2D eigenvalue weighted by Gasteiger charge is 2.18. The first-order valence-electron chi connectivity index (χ1n) is 8.08. The highest BCUT2D eigenvalue weighted by Crippen LogP contribution is 2.19. The molecule has 1 heterocycles. The van der Waals surface area contributed by atoms with Gasteiger partial charge in [-0.1, -0.05) is 48.5 Å². The van der Waals surface area contributed by atoms with Crippen LogP contribution in [0.2, 0.25) is 0 Å². The Morgan fingerprint density at radius 1 is 0.818 bits per heavy atom. The summed E-state index contributed by atoms with van der Waals surface area (Å²) in [5.41, 5.74) is 2.33.